The Hall–Kier alpha value is -1.62. The molecule has 5 atom stereocenters. The van der Waals surface area contributed by atoms with Gasteiger partial charge in [0, 0.05) is 6.54 Å². The smallest absolute Gasteiger partial charge is 0.386 e. The van der Waals surface area contributed by atoms with Gasteiger partial charge < -0.3 is 15.6 Å². The largest absolute Gasteiger partial charge is 0.406 e. The van der Waals surface area contributed by atoms with Crippen molar-refractivity contribution in [2.24, 2.45) is 0 Å². The fourth-order valence-corrected chi connectivity index (χ4v) is 4.89. The first-order valence-corrected chi connectivity index (χ1v) is 10.5. The summed E-state index contributed by atoms with van der Waals surface area (Å²) in [6, 6.07) is 0. The van der Waals surface area contributed by atoms with Gasteiger partial charge in [-0.25, -0.2) is 24.6 Å². The van der Waals surface area contributed by atoms with Crippen molar-refractivity contribution in [2.45, 2.75) is 50.7 Å². The number of anilines is 1. The van der Waals surface area contributed by atoms with E-state index in [-0.39, 0.29) is 12.4 Å². The van der Waals surface area contributed by atoms with Crippen LogP contribution in [0.3, 0.4) is 0 Å². The van der Waals surface area contributed by atoms with Crippen LogP contribution in [-0.4, -0.2) is 56.1 Å². The molecule has 0 amide bonds. The number of unbranched alkanes of at least 4 members (excludes halogenated alkanes) is 2. The van der Waals surface area contributed by atoms with E-state index in [4.69, 9.17) is 19.5 Å². The van der Waals surface area contributed by atoms with Crippen molar-refractivity contribution in [1.82, 2.24) is 24.6 Å². The minimum absolute atomic E-state index is 0.0556. The van der Waals surface area contributed by atoms with Gasteiger partial charge in [-0.3, -0.25) is 13.6 Å². The Balaban J connectivity index is 1.50. The van der Waals surface area contributed by atoms with Gasteiger partial charge >= 0.3 is 7.75 Å². The molecule has 0 spiro atoms. The standard InChI is InChI=1S/C15H23N6O5P/c1-2-3-4-5-20-27(23)24-6-9-12(26-27)11(22)15(25-9)21-8-19-10-13(16)17-7-18-14(10)21/h7-9,11-12,15,22H,2-6H2,1H3,(H,20,23)(H2,16,17,18)/t9-,11-,12-,15-,27?/m1/s1. The van der Waals surface area contributed by atoms with Crippen molar-refractivity contribution >= 4 is 24.7 Å². The zero-order chi connectivity index (χ0) is 19.0. The normalized spacial score (nSPS) is 33.4. The molecule has 2 saturated heterocycles. The number of nitrogens with one attached hydrogen (secondary N) is 1. The second-order valence-corrected chi connectivity index (χ2v) is 8.40. The van der Waals surface area contributed by atoms with Crippen LogP contribution in [0.2, 0.25) is 0 Å². The van der Waals surface area contributed by atoms with E-state index in [2.05, 4.69) is 27.0 Å². The topological polar surface area (TPSA) is 147 Å². The highest BCUT2D eigenvalue weighted by molar-refractivity contribution is 7.51. The van der Waals surface area contributed by atoms with Crippen molar-refractivity contribution in [3.8, 4) is 0 Å². The first kappa shape index (κ1) is 18.7. The molecular weight excluding hydrogens is 375 g/mol. The van der Waals surface area contributed by atoms with Crippen LogP contribution in [0.15, 0.2) is 12.7 Å². The molecule has 12 heteroatoms. The van der Waals surface area contributed by atoms with Crippen LogP contribution < -0.4 is 10.8 Å². The van der Waals surface area contributed by atoms with E-state index in [9.17, 15) is 9.67 Å². The number of hydrogen-bond acceptors (Lipinski definition) is 9. The summed E-state index contributed by atoms with van der Waals surface area (Å²) in [7, 11) is -3.48. The SMILES string of the molecule is CCCCCNP1(=O)OC[C@H]2O[C@@H](n3cnc4c(N)ncnc43)[C@H](O)[C@@H]2O1. The second kappa shape index (κ2) is 7.42. The number of aliphatic hydroxyl groups excluding tert-OH is 1. The average molecular weight is 398 g/mol. The van der Waals surface area contributed by atoms with E-state index in [1.165, 1.54) is 12.7 Å². The predicted octanol–water partition coefficient (Wildman–Crippen LogP) is 0.970. The highest BCUT2D eigenvalue weighted by atomic mass is 31.2. The summed E-state index contributed by atoms with van der Waals surface area (Å²) in [6.45, 7) is 2.66. The molecule has 4 rings (SSSR count). The highest BCUT2D eigenvalue weighted by Crippen LogP contribution is 2.52. The van der Waals surface area contributed by atoms with Gasteiger partial charge in [0.2, 0.25) is 0 Å². The van der Waals surface area contributed by atoms with Crippen LogP contribution >= 0.6 is 7.75 Å². The first-order valence-electron chi connectivity index (χ1n) is 8.97. The molecular formula is C15H23N6O5P. The van der Waals surface area contributed by atoms with Crippen molar-refractivity contribution in [1.29, 1.82) is 0 Å². The summed E-state index contributed by atoms with van der Waals surface area (Å²) in [5.74, 6) is 0.240. The monoisotopic (exact) mass is 398 g/mol. The Morgan fingerprint density at radius 2 is 2.26 bits per heavy atom. The Morgan fingerprint density at radius 1 is 1.41 bits per heavy atom. The third kappa shape index (κ3) is 3.46. The number of hydrogen-bond donors (Lipinski definition) is 3. The number of nitrogen functional groups attached to an aromatic ring is 1. The molecule has 2 aromatic rings. The van der Waals surface area contributed by atoms with Gasteiger partial charge in [0.15, 0.2) is 17.7 Å². The summed E-state index contributed by atoms with van der Waals surface area (Å²) in [6.07, 6.45) is 2.51. The zero-order valence-corrected chi connectivity index (χ0v) is 15.8. The lowest BCUT2D eigenvalue weighted by Gasteiger charge is -2.31. The summed E-state index contributed by atoms with van der Waals surface area (Å²) < 4.78 is 31.2. The Bertz CT molecular complexity index is 862. The molecule has 1 unspecified atom stereocenters. The van der Waals surface area contributed by atoms with Crippen LogP contribution in [0.25, 0.3) is 11.2 Å². The predicted molar refractivity (Wildman–Crippen MR) is 95.6 cm³/mol. The van der Waals surface area contributed by atoms with Gasteiger partial charge in [0.25, 0.3) is 0 Å². The van der Waals surface area contributed by atoms with Gasteiger partial charge in [-0.1, -0.05) is 19.8 Å². The number of aromatic nitrogens is 4. The van der Waals surface area contributed by atoms with Gasteiger partial charge in [-0.15, -0.1) is 0 Å². The number of ether oxygens (including phenoxy) is 1. The van der Waals surface area contributed by atoms with E-state index in [1.54, 1.807) is 4.57 Å². The highest BCUT2D eigenvalue weighted by Gasteiger charge is 2.52. The summed E-state index contributed by atoms with van der Waals surface area (Å²) >= 11 is 0. The number of imidazole rings is 1. The minimum atomic E-state index is -3.48. The van der Waals surface area contributed by atoms with E-state index in [0.29, 0.717) is 17.7 Å². The van der Waals surface area contributed by atoms with Gasteiger partial charge in [0.1, 0.15) is 30.2 Å². The fraction of sp³-hybridized carbons (Fsp3) is 0.667. The maximum Gasteiger partial charge on any atom is 0.406 e. The molecule has 0 radical (unpaired) electrons. The zero-order valence-electron chi connectivity index (χ0n) is 14.9. The lowest BCUT2D eigenvalue weighted by atomic mass is 10.1. The van der Waals surface area contributed by atoms with Crippen LogP contribution in [0.4, 0.5) is 5.82 Å². The first-order chi connectivity index (χ1) is 13.0. The van der Waals surface area contributed by atoms with E-state index < -0.39 is 32.3 Å². The van der Waals surface area contributed by atoms with Crippen LogP contribution in [-0.2, 0) is 18.3 Å². The fourth-order valence-electron chi connectivity index (χ4n) is 3.31. The number of rotatable bonds is 6. The Labute approximate surface area is 155 Å². The Morgan fingerprint density at radius 3 is 3.07 bits per heavy atom. The molecule has 11 nitrogen and oxygen atoms in total. The number of nitrogens with two attached hydrogens (primary N) is 1. The molecule has 0 bridgehead atoms. The third-order valence-corrected chi connectivity index (χ3v) is 6.35. The quantitative estimate of drug-likeness (QED) is 0.475. The molecule has 4 N–H and O–H groups in total. The number of aliphatic hydroxyl groups is 1. The molecule has 0 saturated carbocycles. The third-order valence-electron chi connectivity index (χ3n) is 4.73. The lowest BCUT2D eigenvalue weighted by molar-refractivity contribution is -0.0595. The number of fused-ring (bicyclic) bond motifs is 2. The van der Waals surface area contributed by atoms with Gasteiger partial charge in [0.05, 0.1) is 12.9 Å². The molecule has 0 aliphatic carbocycles. The van der Waals surface area contributed by atoms with Gasteiger partial charge in [-0.05, 0) is 6.42 Å². The van der Waals surface area contributed by atoms with Crippen LogP contribution in [0.1, 0.15) is 32.4 Å². The molecule has 2 aliphatic heterocycles. The molecule has 148 valence electrons. The lowest BCUT2D eigenvalue weighted by Crippen LogP contribution is -2.41. The maximum absolute atomic E-state index is 12.8. The van der Waals surface area contributed by atoms with Crippen molar-refractivity contribution in [3.05, 3.63) is 12.7 Å². The van der Waals surface area contributed by atoms with Crippen molar-refractivity contribution in [3.63, 3.8) is 0 Å². The molecule has 2 fully saturated rings. The van der Waals surface area contributed by atoms with Gasteiger partial charge in [-0.2, -0.15) is 0 Å². The maximum atomic E-state index is 12.8. The van der Waals surface area contributed by atoms with Crippen LogP contribution in [0, 0.1) is 0 Å². The van der Waals surface area contributed by atoms with E-state index in [0.717, 1.165) is 19.3 Å². The molecule has 4 heterocycles. The summed E-state index contributed by atoms with van der Waals surface area (Å²) in [5, 5.41) is 13.6. The van der Waals surface area contributed by atoms with E-state index in [1.807, 2.05) is 0 Å². The minimum Gasteiger partial charge on any atom is -0.386 e. The second-order valence-electron chi connectivity index (χ2n) is 6.62. The van der Waals surface area contributed by atoms with Crippen LogP contribution in [0.5, 0.6) is 0 Å². The molecule has 2 aromatic heterocycles. The van der Waals surface area contributed by atoms with Crippen molar-refractivity contribution < 1.29 is 23.5 Å². The average Bonchev–Trinajstić information content (AvgIpc) is 3.21. The molecule has 2 aliphatic rings. The Kier molecular flexibility index (Phi) is 5.15. The van der Waals surface area contributed by atoms with E-state index >= 15 is 0 Å². The van der Waals surface area contributed by atoms with Crippen molar-refractivity contribution in [2.75, 3.05) is 18.9 Å². The summed E-state index contributed by atoms with van der Waals surface area (Å²) in [4.78, 5) is 12.2. The molecule has 27 heavy (non-hydrogen) atoms. The molecule has 0 aromatic carbocycles. The number of nitrogens with zero attached hydrogens (tertiary/aromatic N) is 4. The summed E-state index contributed by atoms with van der Waals surface area (Å²) in [5.41, 5.74) is 6.66.